The molecule has 6 nitrogen and oxygen atoms in total. The quantitative estimate of drug-likeness (QED) is 0.200. The van der Waals surface area contributed by atoms with Crippen LogP contribution in [0.25, 0.3) is 0 Å². The topological polar surface area (TPSA) is 115 Å². The van der Waals surface area contributed by atoms with E-state index in [4.69, 9.17) is 0 Å². The first-order valence-electron chi connectivity index (χ1n) is 15.8. The summed E-state index contributed by atoms with van der Waals surface area (Å²) in [5.41, 5.74) is 4.16. The maximum atomic E-state index is 12.3. The number of hydrogen-bond acceptors (Lipinski definition) is 4. The van der Waals surface area contributed by atoms with Gasteiger partial charge in [0.25, 0.3) is 0 Å². The average molecular weight is 609 g/mol. The van der Waals surface area contributed by atoms with Crippen LogP contribution in [0.3, 0.4) is 0 Å². The third kappa shape index (κ3) is 9.36. The third-order valence-electron chi connectivity index (χ3n) is 8.24. The first-order chi connectivity index (χ1) is 19.9. The molecule has 2 rings (SSSR count). The van der Waals surface area contributed by atoms with E-state index in [1.165, 1.54) is 0 Å². The number of carboxylic acid groups (broad SMARTS) is 2. The molecule has 0 amide bonds. The highest BCUT2D eigenvalue weighted by Gasteiger charge is 2.28. The number of carbonyl (C=O) groups is 2. The molecule has 0 bridgehead atoms. The molecule has 0 aromatic heterocycles. The highest BCUT2D eigenvalue weighted by molar-refractivity contribution is 5.98. The predicted octanol–water partition coefficient (Wildman–Crippen LogP) is 9.10. The molecule has 0 atom stereocenters. The maximum absolute atomic E-state index is 12.3. The SMILES string of the molecule is CC(C)(C)c1cc(CCC/C(C(=O)O)=C(\CCCc2cc(C(C)(C)C)c(O)c(C(C)(C)C)c2)C(=O)O)cc(C(C)(C)C)c1O. The van der Waals surface area contributed by atoms with E-state index in [0.717, 1.165) is 33.4 Å². The number of rotatable bonds is 10. The van der Waals surface area contributed by atoms with Crippen LogP contribution >= 0.6 is 0 Å². The molecule has 0 saturated carbocycles. The van der Waals surface area contributed by atoms with Crippen LogP contribution in [0.1, 0.15) is 142 Å². The van der Waals surface area contributed by atoms with Crippen LogP contribution in [0.5, 0.6) is 11.5 Å². The van der Waals surface area contributed by atoms with E-state index in [1.807, 2.05) is 24.3 Å². The van der Waals surface area contributed by atoms with Crippen LogP contribution in [0.2, 0.25) is 0 Å². The second-order valence-corrected chi connectivity index (χ2v) is 16.4. The van der Waals surface area contributed by atoms with Gasteiger partial charge in [-0.1, -0.05) is 107 Å². The first-order valence-corrected chi connectivity index (χ1v) is 15.8. The molecule has 0 fully saturated rings. The Bertz CT molecular complexity index is 1220. The second-order valence-electron chi connectivity index (χ2n) is 16.4. The van der Waals surface area contributed by atoms with Gasteiger partial charge in [-0.3, -0.25) is 0 Å². The lowest BCUT2D eigenvalue weighted by Gasteiger charge is -2.28. The number of phenols is 2. The van der Waals surface area contributed by atoms with Crippen LogP contribution in [0, 0.1) is 0 Å². The van der Waals surface area contributed by atoms with Gasteiger partial charge in [0, 0.05) is 11.1 Å². The lowest BCUT2D eigenvalue weighted by atomic mass is 9.78. The number of benzene rings is 2. The zero-order valence-electron chi connectivity index (χ0n) is 29.2. The van der Waals surface area contributed by atoms with Crippen molar-refractivity contribution < 1.29 is 30.0 Å². The number of aromatic hydroxyl groups is 2. The molecular formula is C38H56O6. The molecule has 0 aliphatic heterocycles. The van der Waals surface area contributed by atoms with Gasteiger partial charge in [-0.25, -0.2) is 9.59 Å². The molecule has 0 radical (unpaired) electrons. The molecule has 0 heterocycles. The Balaban J connectivity index is 2.34. The van der Waals surface area contributed by atoms with Crippen molar-refractivity contribution in [2.24, 2.45) is 0 Å². The summed E-state index contributed by atoms with van der Waals surface area (Å²) < 4.78 is 0. The van der Waals surface area contributed by atoms with Gasteiger partial charge in [0.2, 0.25) is 0 Å². The Morgan fingerprint density at radius 3 is 0.909 bits per heavy atom. The van der Waals surface area contributed by atoms with Gasteiger partial charge >= 0.3 is 11.9 Å². The van der Waals surface area contributed by atoms with Crippen molar-refractivity contribution in [3.63, 3.8) is 0 Å². The van der Waals surface area contributed by atoms with E-state index >= 15 is 0 Å². The summed E-state index contributed by atoms with van der Waals surface area (Å²) in [5.74, 6) is -1.81. The van der Waals surface area contributed by atoms with Crippen molar-refractivity contribution in [3.05, 3.63) is 68.8 Å². The Labute approximate surface area is 265 Å². The Hall–Kier alpha value is -3.28. The summed E-state index contributed by atoms with van der Waals surface area (Å²) in [7, 11) is 0. The predicted molar refractivity (Wildman–Crippen MR) is 179 cm³/mol. The molecule has 244 valence electrons. The van der Waals surface area contributed by atoms with Crippen molar-refractivity contribution in [2.45, 2.75) is 143 Å². The van der Waals surface area contributed by atoms with E-state index in [9.17, 15) is 30.0 Å². The molecule has 44 heavy (non-hydrogen) atoms. The van der Waals surface area contributed by atoms with Crippen LogP contribution < -0.4 is 0 Å². The Morgan fingerprint density at radius 1 is 0.500 bits per heavy atom. The molecule has 0 aliphatic carbocycles. The van der Waals surface area contributed by atoms with E-state index in [0.29, 0.717) is 37.2 Å². The number of aryl methyl sites for hydroxylation is 2. The Kier molecular flexibility index (Phi) is 11.2. The van der Waals surface area contributed by atoms with E-state index in [-0.39, 0.29) is 45.6 Å². The smallest absolute Gasteiger partial charge is 0.332 e. The van der Waals surface area contributed by atoms with Gasteiger partial charge in [0.15, 0.2) is 0 Å². The lowest BCUT2D eigenvalue weighted by molar-refractivity contribution is -0.136. The van der Waals surface area contributed by atoms with E-state index in [1.54, 1.807) is 0 Å². The minimum atomic E-state index is -1.20. The molecule has 0 unspecified atom stereocenters. The van der Waals surface area contributed by atoms with Gasteiger partial charge in [-0.05, 0) is 93.6 Å². The van der Waals surface area contributed by atoms with Crippen molar-refractivity contribution in [1.82, 2.24) is 0 Å². The van der Waals surface area contributed by atoms with Crippen LogP contribution in [0.4, 0.5) is 0 Å². The fraction of sp³-hybridized carbons (Fsp3) is 0.579. The molecule has 2 aromatic carbocycles. The summed E-state index contributed by atoms with van der Waals surface area (Å²) >= 11 is 0. The summed E-state index contributed by atoms with van der Waals surface area (Å²) in [6, 6.07) is 7.95. The largest absolute Gasteiger partial charge is 0.507 e. The van der Waals surface area contributed by atoms with Crippen LogP contribution in [0.15, 0.2) is 35.4 Å². The fourth-order valence-corrected chi connectivity index (χ4v) is 5.68. The zero-order chi connectivity index (χ0) is 34.0. The molecule has 0 aliphatic rings. The minimum Gasteiger partial charge on any atom is -0.507 e. The fourth-order valence-electron chi connectivity index (χ4n) is 5.68. The van der Waals surface area contributed by atoms with Crippen molar-refractivity contribution in [3.8, 4) is 11.5 Å². The van der Waals surface area contributed by atoms with Crippen molar-refractivity contribution in [1.29, 1.82) is 0 Å². The lowest BCUT2D eigenvalue weighted by Crippen LogP contribution is -2.18. The number of aliphatic carboxylic acids is 2. The van der Waals surface area contributed by atoms with Gasteiger partial charge < -0.3 is 20.4 Å². The number of hydrogen-bond donors (Lipinski definition) is 4. The highest BCUT2D eigenvalue weighted by atomic mass is 16.4. The third-order valence-corrected chi connectivity index (χ3v) is 8.24. The number of carboxylic acids is 2. The molecule has 2 aromatic rings. The summed E-state index contributed by atoms with van der Waals surface area (Å²) in [6.07, 6.45) is 2.34. The average Bonchev–Trinajstić information content (AvgIpc) is 2.83. The van der Waals surface area contributed by atoms with Gasteiger partial charge in [0.1, 0.15) is 11.5 Å². The normalized spacial score (nSPS) is 13.5. The van der Waals surface area contributed by atoms with E-state index < -0.39 is 11.9 Å². The summed E-state index contributed by atoms with van der Waals surface area (Å²) in [6.45, 7) is 24.6. The van der Waals surface area contributed by atoms with Gasteiger partial charge in [0.05, 0.1) is 0 Å². The molecule has 0 spiro atoms. The standard InChI is InChI=1S/C38H56O6/c1-35(2,3)27-19-23(20-28(31(27)39)36(4,5)6)15-13-17-25(33(41)42)26(34(43)44)18-14-16-24-21-29(37(7,8)9)32(40)30(22-24)38(10,11)12/h19-22,39-40H,13-18H2,1-12H3,(H,41,42)(H,43,44)/b26-25-. The molecule has 6 heteroatoms. The van der Waals surface area contributed by atoms with Crippen molar-refractivity contribution in [2.75, 3.05) is 0 Å². The molecule has 4 N–H and O–H groups in total. The van der Waals surface area contributed by atoms with Gasteiger partial charge in [-0.15, -0.1) is 0 Å². The van der Waals surface area contributed by atoms with Gasteiger partial charge in [-0.2, -0.15) is 0 Å². The molecular weight excluding hydrogens is 552 g/mol. The minimum absolute atomic E-state index is 0.0557. The Morgan fingerprint density at radius 2 is 0.727 bits per heavy atom. The molecule has 0 saturated heterocycles. The van der Waals surface area contributed by atoms with E-state index in [2.05, 4.69) is 83.1 Å². The maximum Gasteiger partial charge on any atom is 0.332 e. The number of phenolic OH excluding ortho intramolecular Hbond substituents is 2. The first kappa shape index (κ1) is 36.9. The monoisotopic (exact) mass is 608 g/mol. The van der Waals surface area contributed by atoms with Crippen LogP contribution in [-0.4, -0.2) is 32.4 Å². The highest BCUT2D eigenvalue weighted by Crippen LogP contribution is 2.41. The van der Waals surface area contributed by atoms with Crippen LogP contribution in [-0.2, 0) is 44.1 Å². The summed E-state index contributed by atoms with van der Waals surface area (Å²) in [5, 5.41) is 42.1. The second kappa shape index (κ2) is 13.4. The van der Waals surface area contributed by atoms with Crippen molar-refractivity contribution >= 4 is 11.9 Å². The zero-order valence-corrected chi connectivity index (χ0v) is 29.2. The summed E-state index contributed by atoms with van der Waals surface area (Å²) in [4.78, 5) is 24.6.